The molecule has 0 unspecified atom stereocenters. The van der Waals surface area contributed by atoms with Crippen LogP contribution in [0.1, 0.15) is 11.3 Å². The molecule has 0 bridgehead atoms. The van der Waals surface area contributed by atoms with E-state index in [0.717, 1.165) is 4.68 Å². The molecule has 1 aromatic carbocycles. The molecule has 0 fully saturated rings. The van der Waals surface area contributed by atoms with Crippen LogP contribution >= 0.6 is 11.6 Å². The van der Waals surface area contributed by atoms with E-state index in [9.17, 15) is 28.1 Å². The van der Waals surface area contributed by atoms with E-state index in [0.29, 0.717) is 17.8 Å². The van der Waals surface area contributed by atoms with Gasteiger partial charge in [-0.2, -0.15) is 17.9 Å². The first-order valence-corrected chi connectivity index (χ1v) is 6.94. The molecule has 25 heavy (non-hydrogen) atoms. The number of rotatable bonds is 3. The number of hydrogen-bond donors (Lipinski definition) is 1. The number of aryl methyl sites for hydroxylation is 1. The molecule has 0 aliphatic heterocycles. The van der Waals surface area contributed by atoms with E-state index in [2.05, 4.69) is 10.4 Å². The van der Waals surface area contributed by atoms with E-state index in [1.165, 1.54) is 20.0 Å². The van der Waals surface area contributed by atoms with Crippen molar-refractivity contribution in [3.8, 4) is 11.6 Å². The van der Waals surface area contributed by atoms with Gasteiger partial charge in [0.1, 0.15) is 0 Å². The number of nitro groups is 1. The molecule has 0 aliphatic carbocycles. The maximum Gasteiger partial charge on any atom is 0.416 e. The molecule has 1 amide bonds. The number of aromatic nitrogens is 2. The van der Waals surface area contributed by atoms with E-state index in [1.807, 2.05) is 0 Å². The summed E-state index contributed by atoms with van der Waals surface area (Å²) in [5.74, 6) is -0.855. The summed E-state index contributed by atoms with van der Waals surface area (Å²) in [5, 5.41) is 16.5. The Kier molecular flexibility index (Phi) is 4.88. The Labute approximate surface area is 143 Å². The van der Waals surface area contributed by atoms with Crippen LogP contribution in [0.3, 0.4) is 0 Å². The van der Waals surface area contributed by atoms with Gasteiger partial charge in [0.15, 0.2) is 0 Å². The van der Waals surface area contributed by atoms with Gasteiger partial charge in [-0.25, -0.2) is 4.79 Å². The second-order valence-corrected chi connectivity index (χ2v) is 5.16. The largest absolute Gasteiger partial charge is 0.429 e. The van der Waals surface area contributed by atoms with Crippen LogP contribution in [0.2, 0.25) is 5.02 Å². The van der Waals surface area contributed by atoms with Gasteiger partial charge in [0.2, 0.25) is 11.6 Å². The van der Waals surface area contributed by atoms with Gasteiger partial charge in [0, 0.05) is 19.2 Å². The van der Waals surface area contributed by atoms with E-state index in [4.69, 9.17) is 16.3 Å². The first kappa shape index (κ1) is 18.5. The number of carbonyl (C=O) groups excluding carboxylic acids is 1. The second-order valence-electron chi connectivity index (χ2n) is 4.75. The molecule has 12 heteroatoms. The molecule has 0 aliphatic rings. The lowest BCUT2D eigenvalue weighted by Gasteiger charge is -2.10. The molecule has 8 nitrogen and oxygen atoms in total. The van der Waals surface area contributed by atoms with Crippen molar-refractivity contribution in [3.05, 3.63) is 44.6 Å². The molecule has 134 valence electrons. The highest BCUT2D eigenvalue weighted by molar-refractivity contribution is 6.32. The van der Waals surface area contributed by atoms with Gasteiger partial charge in [-0.3, -0.25) is 10.1 Å². The number of carbonyl (C=O) groups is 1. The van der Waals surface area contributed by atoms with Crippen LogP contribution in [-0.4, -0.2) is 27.8 Å². The van der Waals surface area contributed by atoms with Crippen LogP contribution < -0.4 is 10.1 Å². The number of nitrogens with zero attached hydrogens (tertiary/aromatic N) is 3. The molecule has 0 atom stereocenters. The number of hydrogen-bond acceptors (Lipinski definition) is 5. The smallest absolute Gasteiger partial charge is 0.416 e. The topological polar surface area (TPSA) is 99.3 Å². The van der Waals surface area contributed by atoms with Crippen LogP contribution in [0.15, 0.2) is 18.2 Å². The SMILES string of the molecule is CNC(=O)n1nc(Oc2c(Cl)cc(C(F)(F)F)cc2[N+](=O)[O-])cc1C. The van der Waals surface area contributed by atoms with Crippen LogP contribution in [0.5, 0.6) is 11.6 Å². The molecule has 2 aromatic rings. The maximum atomic E-state index is 12.8. The van der Waals surface area contributed by atoms with E-state index in [1.54, 1.807) is 0 Å². The fourth-order valence-electron chi connectivity index (χ4n) is 1.89. The number of alkyl halides is 3. The minimum absolute atomic E-state index is 0.245. The van der Waals surface area contributed by atoms with Gasteiger partial charge in [0.05, 0.1) is 21.2 Å². The third-order valence-electron chi connectivity index (χ3n) is 3.03. The van der Waals surface area contributed by atoms with Crippen molar-refractivity contribution >= 4 is 23.3 Å². The number of halogens is 4. The summed E-state index contributed by atoms with van der Waals surface area (Å²) in [5.41, 5.74) is -1.93. The normalized spacial score (nSPS) is 11.3. The van der Waals surface area contributed by atoms with Gasteiger partial charge in [-0.1, -0.05) is 11.6 Å². The zero-order valence-corrected chi connectivity index (χ0v) is 13.5. The molecule has 1 heterocycles. The lowest BCUT2D eigenvalue weighted by molar-refractivity contribution is -0.385. The van der Waals surface area contributed by atoms with Crippen molar-refractivity contribution in [3.63, 3.8) is 0 Å². The first-order chi connectivity index (χ1) is 11.5. The summed E-state index contributed by atoms with van der Waals surface area (Å²) in [4.78, 5) is 21.6. The molecule has 1 N–H and O–H groups in total. The Morgan fingerprint density at radius 1 is 1.40 bits per heavy atom. The highest BCUT2D eigenvalue weighted by Crippen LogP contribution is 2.42. The predicted molar refractivity (Wildman–Crippen MR) is 80.0 cm³/mol. The minimum atomic E-state index is -4.82. The highest BCUT2D eigenvalue weighted by atomic mass is 35.5. The Morgan fingerprint density at radius 3 is 2.56 bits per heavy atom. The Bertz CT molecular complexity index is 851. The van der Waals surface area contributed by atoms with Crippen LogP contribution in [-0.2, 0) is 6.18 Å². The van der Waals surface area contributed by atoms with Gasteiger partial charge >= 0.3 is 17.9 Å². The van der Waals surface area contributed by atoms with Gasteiger partial charge < -0.3 is 10.1 Å². The van der Waals surface area contributed by atoms with E-state index in [-0.39, 0.29) is 5.88 Å². The monoisotopic (exact) mass is 378 g/mol. The summed E-state index contributed by atoms with van der Waals surface area (Å²) in [6, 6.07) is 1.49. The van der Waals surface area contributed by atoms with Crippen molar-refractivity contribution in [1.29, 1.82) is 0 Å². The lowest BCUT2D eigenvalue weighted by atomic mass is 10.2. The molecule has 0 radical (unpaired) electrons. The van der Waals surface area contributed by atoms with Crippen molar-refractivity contribution in [1.82, 2.24) is 15.1 Å². The number of nitro benzene ring substituents is 1. The summed E-state index contributed by atoms with van der Waals surface area (Å²) >= 11 is 5.73. The molecule has 0 saturated heterocycles. The summed E-state index contributed by atoms with van der Waals surface area (Å²) in [7, 11) is 1.36. The average Bonchev–Trinajstić information content (AvgIpc) is 2.87. The van der Waals surface area contributed by atoms with Gasteiger partial charge in [-0.15, -0.1) is 5.10 Å². The Balaban J connectivity index is 2.49. The third-order valence-corrected chi connectivity index (χ3v) is 3.31. The van der Waals surface area contributed by atoms with Crippen molar-refractivity contribution < 1.29 is 27.6 Å². The summed E-state index contributed by atoms with van der Waals surface area (Å²) in [6.07, 6.45) is -4.82. The second kappa shape index (κ2) is 6.59. The molecular formula is C13H10ClF3N4O4. The zero-order chi connectivity index (χ0) is 18.9. The van der Waals surface area contributed by atoms with Gasteiger partial charge in [-0.05, 0) is 13.0 Å². The average molecular weight is 379 g/mol. The molecular weight excluding hydrogens is 369 g/mol. The minimum Gasteiger partial charge on any atom is -0.429 e. The fourth-order valence-corrected chi connectivity index (χ4v) is 2.14. The van der Waals surface area contributed by atoms with Crippen molar-refractivity contribution in [2.75, 3.05) is 7.05 Å². The first-order valence-electron chi connectivity index (χ1n) is 6.56. The quantitative estimate of drug-likeness (QED) is 0.647. The predicted octanol–water partition coefficient (Wildman–Crippen LogP) is 3.75. The molecule has 0 saturated carbocycles. The molecule has 1 aromatic heterocycles. The number of amides is 1. The number of ether oxygens (including phenoxy) is 1. The van der Waals surface area contributed by atoms with Crippen LogP contribution in [0.4, 0.5) is 23.7 Å². The van der Waals surface area contributed by atoms with Crippen LogP contribution in [0, 0.1) is 17.0 Å². The Morgan fingerprint density at radius 2 is 2.04 bits per heavy atom. The van der Waals surface area contributed by atoms with E-state index >= 15 is 0 Å². The highest BCUT2D eigenvalue weighted by Gasteiger charge is 2.35. The number of benzene rings is 1. The van der Waals surface area contributed by atoms with Gasteiger partial charge in [0.25, 0.3) is 0 Å². The molecule has 0 spiro atoms. The van der Waals surface area contributed by atoms with E-state index < -0.39 is 39.2 Å². The van der Waals surface area contributed by atoms with Crippen LogP contribution in [0.25, 0.3) is 0 Å². The standard InChI is InChI=1S/C13H10ClF3N4O4/c1-6-3-10(19-20(6)12(22)18-2)25-11-8(14)4-7(13(15,16)17)5-9(11)21(23)24/h3-5H,1-2H3,(H,18,22). The summed E-state index contributed by atoms with van der Waals surface area (Å²) < 4.78 is 44.4. The maximum absolute atomic E-state index is 12.8. The summed E-state index contributed by atoms with van der Waals surface area (Å²) in [6.45, 7) is 1.51. The van der Waals surface area contributed by atoms with Crippen molar-refractivity contribution in [2.24, 2.45) is 0 Å². The Hall–Kier alpha value is -2.82. The lowest BCUT2D eigenvalue weighted by Crippen LogP contribution is -2.26. The number of nitrogens with one attached hydrogen (secondary N) is 1. The fraction of sp³-hybridized carbons (Fsp3) is 0.231. The zero-order valence-electron chi connectivity index (χ0n) is 12.7. The molecule has 2 rings (SSSR count). The van der Waals surface area contributed by atoms with Crippen molar-refractivity contribution in [2.45, 2.75) is 13.1 Å². The third kappa shape index (κ3) is 3.82.